The number of rotatable bonds is 6. The smallest absolute Gasteiger partial charge is 0.253 e. The number of halogens is 5. The number of hydrogen-bond donors (Lipinski definition) is 2. The van der Waals surface area contributed by atoms with Crippen LogP contribution in [0.3, 0.4) is 0 Å². The van der Waals surface area contributed by atoms with Crippen molar-refractivity contribution >= 4 is 23.4 Å². The first-order chi connectivity index (χ1) is 16.9. The average molecular weight is 503 g/mol. The third-order valence-corrected chi connectivity index (χ3v) is 6.03. The second kappa shape index (κ2) is 9.06. The Hall–Kier alpha value is -4.28. The maximum Gasteiger partial charge on any atom is 0.253 e. The monoisotopic (exact) mass is 503 g/mol. The summed E-state index contributed by atoms with van der Waals surface area (Å²) in [5.41, 5.74) is 2.95. The Morgan fingerprint density at radius 1 is 1.03 bits per heavy atom. The zero-order valence-corrected chi connectivity index (χ0v) is 18.6. The Morgan fingerprint density at radius 3 is 2.33 bits per heavy atom. The predicted octanol–water partition coefficient (Wildman–Crippen LogP) is 3.93. The van der Waals surface area contributed by atoms with Crippen LogP contribution in [-0.2, 0) is 21.5 Å². The van der Waals surface area contributed by atoms with Crippen molar-refractivity contribution in [2.24, 2.45) is 5.73 Å². The molecule has 0 radical (unpaired) electrons. The fourth-order valence-corrected chi connectivity index (χ4v) is 4.09. The van der Waals surface area contributed by atoms with Crippen LogP contribution in [0.4, 0.5) is 27.6 Å². The zero-order valence-electron chi connectivity index (χ0n) is 18.6. The number of nitrogens with zero attached hydrogens (tertiary/aromatic N) is 1. The summed E-state index contributed by atoms with van der Waals surface area (Å²) in [6.07, 6.45) is -2.40. The molecule has 0 spiro atoms. The maximum atomic E-state index is 14.6. The van der Waals surface area contributed by atoms with Gasteiger partial charge < -0.3 is 16.0 Å². The minimum atomic E-state index is -2.40. The van der Waals surface area contributed by atoms with Crippen molar-refractivity contribution < 1.29 is 36.3 Å². The molecule has 0 aromatic heterocycles. The molecule has 4 rings (SSSR count). The van der Waals surface area contributed by atoms with Crippen LogP contribution in [0.5, 0.6) is 0 Å². The molecule has 36 heavy (non-hydrogen) atoms. The van der Waals surface area contributed by atoms with Crippen LogP contribution in [0.1, 0.15) is 40.3 Å². The van der Waals surface area contributed by atoms with Gasteiger partial charge in [0, 0.05) is 28.4 Å². The van der Waals surface area contributed by atoms with Crippen molar-refractivity contribution in [3.05, 3.63) is 100 Å². The first-order valence-corrected chi connectivity index (χ1v) is 10.5. The number of nitrogens with one attached hydrogen (secondary N) is 1. The number of hydrogen-bond acceptors (Lipinski definition) is 3. The van der Waals surface area contributed by atoms with Crippen molar-refractivity contribution in [3.63, 3.8) is 0 Å². The van der Waals surface area contributed by atoms with Gasteiger partial charge in [0.1, 0.15) is 11.6 Å². The number of nitrogens with two attached hydrogens (primary N) is 1. The quantitative estimate of drug-likeness (QED) is 0.303. The van der Waals surface area contributed by atoms with E-state index in [0.29, 0.717) is 6.07 Å². The highest BCUT2D eigenvalue weighted by Crippen LogP contribution is 2.43. The van der Waals surface area contributed by atoms with E-state index in [1.54, 1.807) is 0 Å². The third kappa shape index (κ3) is 4.16. The molecule has 3 aromatic rings. The lowest BCUT2D eigenvalue weighted by Crippen LogP contribution is -2.47. The molecule has 0 aliphatic carbocycles. The molecule has 1 heterocycles. The summed E-state index contributed by atoms with van der Waals surface area (Å²) in [4.78, 5) is 39.2. The minimum Gasteiger partial charge on any atom is -0.368 e. The second-order valence-electron chi connectivity index (χ2n) is 8.37. The highest BCUT2D eigenvalue weighted by atomic mass is 19.2. The molecule has 2 atom stereocenters. The van der Waals surface area contributed by atoms with E-state index in [1.165, 1.54) is 25.1 Å². The van der Waals surface area contributed by atoms with E-state index in [0.717, 1.165) is 35.2 Å². The van der Waals surface area contributed by atoms with E-state index < -0.39 is 58.3 Å². The Bertz CT molecular complexity index is 1390. The lowest BCUT2D eigenvalue weighted by Gasteiger charge is -2.21. The summed E-state index contributed by atoms with van der Waals surface area (Å²) in [5.74, 6) is -7.36. The molecule has 11 heteroatoms. The molecular formula is C25H18F5N3O3. The van der Waals surface area contributed by atoms with Crippen molar-refractivity contribution in [2.75, 3.05) is 4.90 Å². The summed E-state index contributed by atoms with van der Waals surface area (Å²) in [6, 6.07) is 9.10. The molecule has 3 N–H and O–H groups in total. The van der Waals surface area contributed by atoms with Crippen LogP contribution >= 0.6 is 0 Å². The van der Waals surface area contributed by atoms with Crippen LogP contribution < -0.4 is 16.0 Å². The minimum absolute atomic E-state index is 0.0333. The summed E-state index contributed by atoms with van der Waals surface area (Å²) in [7, 11) is 0. The summed E-state index contributed by atoms with van der Waals surface area (Å²) < 4.78 is 69.3. The van der Waals surface area contributed by atoms with Gasteiger partial charge in [-0.15, -0.1) is 0 Å². The maximum absolute atomic E-state index is 14.6. The van der Waals surface area contributed by atoms with Crippen molar-refractivity contribution in [3.8, 4) is 0 Å². The van der Waals surface area contributed by atoms with E-state index in [2.05, 4.69) is 0 Å². The number of anilines is 1. The standard InChI is InChI=1S/C25H18F5N3O3/c1-25(23(31)35)17-6-5-13(22(34)32-21(30)16-3-2-4-18(28)20(16)29)9-19(17)33(24(25)36)11-12-7-14(26)10-15(27)8-12/h2-10,21H,11H2,1H3,(H2,31,35)(H,32,34). The van der Waals surface area contributed by atoms with Crippen LogP contribution in [0, 0.1) is 23.3 Å². The molecule has 1 aliphatic heterocycles. The van der Waals surface area contributed by atoms with E-state index in [-0.39, 0.29) is 28.9 Å². The number of benzene rings is 3. The van der Waals surface area contributed by atoms with Gasteiger partial charge in [0.2, 0.25) is 18.1 Å². The van der Waals surface area contributed by atoms with Gasteiger partial charge in [0.15, 0.2) is 17.0 Å². The highest BCUT2D eigenvalue weighted by Gasteiger charge is 2.52. The lowest BCUT2D eigenvalue weighted by atomic mass is 9.83. The van der Waals surface area contributed by atoms with Crippen molar-refractivity contribution in [1.82, 2.24) is 5.32 Å². The van der Waals surface area contributed by atoms with Crippen molar-refractivity contribution in [2.45, 2.75) is 25.2 Å². The van der Waals surface area contributed by atoms with E-state index >= 15 is 0 Å². The number of fused-ring (bicyclic) bond motifs is 1. The van der Waals surface area contributed by atoms with Gasteiger partial charge >= 0.3 is 0 Å². The molecule has 1 aliphatic rings. The molecular weight excluding hydrogens is 485 g/mol. The molecule has 0 saturated carbocycles. The normalized spacial score (nSPS) is 17.6. The van der Waals surface area contributed by atoms with E-state index in [9.17, 15) is 36.3 Å². The van der Waals surface area contributed by atoms with Gasteiger partial charge in [0.25, 0.3) is 5.91 Å². The molecule has 6 nitrogen and oxygen atoms in total. The van der Waals surface area contributed by atoms with Gasteiger partial charge in [-0.1, -0.05) is 18.2 Å². The summed E-state index contributed by atoms with van der Waals surface area (Å²) in [5, 5.41) is 1.90. The van der Waals surface area contributed by atoms with Crippen LogP contribution in [0.25, 0.3) is 0 Å². The van der Waals surface area contributed by atoms with Crippen LogP contribution in [0.15, 0.2) is 54.6 Å². The van der Waals surface area contributed by atoms with Crippen LogP contribution in [-0.4, -0.2) is 17.7 Å². The highest BCUT2D eigenvalue weighted by molar-refractivity contribution is 6.21. The Morgan fingerprint density at radius 2 is 1.69 bits per heavy atom. The lowest BCUT2D eigenvalue weighted by molar-refractivity contribution is -0.132. The zero-order chi connectivity index (χ0) is 26.4. The predicted molar refractivity (Wildman–Crippen MR) is 118 cm³/mol. The molecule has 0 fully saturated rings. The second-order valence-corrected chi connectivity index (χ2v) is 8.37. The average Bonchev–Trinajstić information content (AvgIpc) is 3.02. The summed E-state index contributed by atoms with van der Waals surface area (Å²) >= 11 is 0. The van der Waals surface area contributed by atoms with E-state index in [1.807, 2.05) is 5.32 Å². The first-order valence-electron chi connectivity index (χ1n) is 10.5. The fraction of sp³-hybridized carbons (Fsp3) is 0.160. The number of amides is 3. The Labute approximate surface area is 201 Å². The van der Waals surface area contributed by atoms with Gasteiger partial charge in [-0.25, -0.2) is 22.0 Å². The van der Waals surface area contributed by atoms with Gasteiger partial charge in [0.05, 0.1) is 6.54 Å². The summed E-state index contributed by atoms with van der Waals surface area (Å²) in [6.45, 7) is 0.904. The third-order valence-electron chi connectivity index (χ3n) is 6.03. The van der Waals surface area contributed by atoms with Gasteiger partial charge in [-0.2, -0.15) is 0 Å². The largest absolute Gasteiger partial charge is 0.368 e. The number of carbonyl (C=O) groups excluding carboxylic acids is 3. The first kappa shape index (κ1) is 24.8. The molecule has 2 unspecified atom stereocenters. The Balaban J connectivity index is 1.70. The molecule has 0 saturated heterocycles. The SMILES string of the molecule is CC1(C(N)=O)C(=O)N(Cc2cc(F)cc(F)c2)c2cc(C(=O)NC(F)c3cccc(F)c3F)ccc21. The van der Waals surface area contributed by atoms with Gasteiger partial charge in [-0.3, -0.25) is 14.4 Å². The molecule has 186 valence electrons. The molecule has 3 amide bonds. The van der Waals surface area contributed by atoms with Crippen molar-refractivity contribution in [1.29, 1.82) is 0 Å². The molecule has 0 bridgehead atoms. The topological polar surface area (TPSA) is 92.5 Å². The number of alkyl halides is 1. The Kier molecular flexibility index (Phi) is 6.25. The number of carbonyl (C=O) groups is 3. The fourth-order valence-electron chi connectivity index (χ4n) is 4.09. The molecule has 3 aromatic carbocycles. The van der Waals surface area contributed by atoms with Crippen LogP contribution in [0.2, 0.25) is 0 Å². The van der Waals surface area contributed by atoms with Gasteiger partial charge in [-0.05, 0) is 42.8 Å². The van der Waals surface area contributed by atoms with E-state index in [4.69, 9.17) is 5.73 Å². The number of primary amides is 1.